The van der Waals surface area contributed by atoms with Gasteiger partial charge >= 0.3 is 0 Å². The summed E-state index contributed by atoms with van der Waals surface area (Å²) in [5.74, 6) is 0.285. The molecule has 0 aliphatic heterocycles. The van der Waals surface area contributed by atoms with Crippen LogP contribution in [0.2, 0.25) is 0 Å². The Hall–Kier alpha value is -1.63. The molecule has 4 N–H and O–H groups in total. The zero-order valence-corrected chi connectivity index (χ0v) is 11.7. The van der Waals surface area contributed by atoms with E-state index in [-0.39, 0.29) is 13.2 Å². The van der Waals surface area contributed by atoms with Gasteiger partial charge in [-0.1, -0.05) is 18.2 Å². The van der Waals surface area contributed by atoms with Crippen molar-refractivity contribution in [1.29, 1.82) is 0 Å². The molecule has 0 aromatic heterocycles. The summed E-state index contributed by atoms with van der Waals surface area (Å²) in [4.78, 5) is 10.4. The minimum atomic E-state index is -0.606. The quantitative estimate of drug-likeness (QED) is 0.518. The number of amides is 1. The van der Waals surface area contributed by atoms with E-state index in [1.54, 1.807) is 0 Å². The second-order valence-electron chi connectivity index (χ2n) is 4.45. The summed E-state index contributed by atoms with van der Waals surface area (Å²) < 4.78 is 10.5. The van der Waals surface area contributed by atoms with Gasteiger partial charge in [0.05, 0.1) is 6.61 Å². The molecule has 1 atom stereocenters. The second kappa shape index (κ2) is 9.30. The predicted molar refractivity (Wildman–Crippen MR) is 75.6 cm³/mol. The summed E-state index contributed by atoms with van der Waals surface area (Å²) in [7, 11) is 0. The number of benzene rings is 1. The fourth-order valence-electron chi connectivity index (χ4n) is 1.55. The lowest BCUT2D eigenvalue weighted by Gasteiger charge is -2.14. The van der Waals surface area contributed by atoms with Crippen LogP contribution in [0.15, 0.2) is 24.3 Å². The molecule has 0 aliphatic carbocycles. The van der Waals surface area contributed by atoms with Crippen LogP contribution in [-0.4, -0.2) is 50.0 Å². The molecule has 20 heavy (non-hydrogen) atoms. The number of ether oxygens (including phenoxy) is 2. The van der Waals surface area contributed by atoms with Crippen LogP contribution >= 0.6 is 0 Å². The van der Waals surface area contributed by atoms with Gasteiger partial charge in [0.25, 0.3) is 0 Å². The van der Waals surface area contributed by atoms with Gasteiger partial charge in [-0.15, -0.1) is 0 Å². The Balaban J connectivity index is 2.07. The van der Waals surface area contributed by atoms with E-state index < -0.39 is 12.0 Å². The molecule has 0 bridgehead atoms. The lowest BCUT2D eigenvalue weighted by molar-refractivity contribution is -0.122. The maximum atomic E-state index is 10.4. The molecule has 6 heteroatoms. The number of carbonyl (C=O) groups excluding carboxylic acids is 1. The molecule has 0 saturated carbocycles. The first-order valence-corrected chi connectivity index (χ1v) is 6.53. The summed E-state index contributed by atoms with van der Waals surface area (Å²) in [5, 5.41) is 12.7. The van der Waals surface area contributed by atoms with Crippen molar-refractivity contribution in [3.63, 3.8) is 0 Å². The average molecular weight is 282 g/mol. The molecule has 1 aromatic rings. The van der Waals surface area contributed by atoms with Gasteiger partial charge in [-0.3, -0.25) is 4.79 Å². The fourth-order valence-corrected chi connectivity index (χ4v) is 1.55. The monoisotopic (exact) mass is 282 g/mol. The van der Waals surface area contributed by atoms with Crippen molar-refractivity contribution in [3.8, 4) is 5.75 Å². The van der Waals surface area contributed by atoms with E-state index in [0.717, 1.165) is 11.3 Å². The average Bonchev–Trinajstić information content (AvgIpc) is 2.41. The van der Waals surface area contributed by atoms with Crippen molar-refractivity contribution in [3.05, 3.63) is 29.8 Å². The third kappa shape index (κ3) is 7.08. The molecule has 0 spiro atoms. The number of nitrogens with one attached hydrogen (secondary N) is 1. The van der Waals surface area contributed by atoms with Crippen molar-refractivity contribution in [1.82, 2.24) is 5.32 Å². The largest absolute Gasteiger partial charge is 0.491 e. The number of aliphatic hydroxyl groups is 1. The summed E-state index contributed by atoms with van der Waals surface area (Å²) in [6, 6.07) is 7.65. The molecule has 0 radical (unpaired) electrons. The Morgan fingerprint density at radius 2 is 2.20 bits per heavy atom. The van der Waals surface area contributed by atoms with Crippen LogP contribution in [0.4, 0.5) is 0 Å². The molecule has 0 heterocycles. The maximum Gasteiger partial charge on any atom is 0.243 e. The van der Waals surface area contributed by atoms with E-state index in [2.05, 4.69) is 5.32 Å². The van der Waals surface area contributed by atoms with E-state index in [0.29, 0.717) is 19.7 Å². The molecule has 1 aromatic carbocycles. The lowest BCUT2D eigenvalue weighted by atomic mass is 10.2. The minimum absolute atomic E-state index is 0.0827. The van der Waals surface area contributed by atoms with Crippen LogP contribution in [0.3, 0.4) is 0 Å². The highest BCUT2D eigenvalue weighted by Crippen LogP contribution is 2.16. The molecule has 1 unspecified atom stereocenters. The van der Waals surface area contributed by atoms with Crippen LogP contribution in [0.5, 0.6) is 5.75 Å². The van der Waals surface area contributed by atoms with E-state index in [9.17, 15) is 9.90 Å². The first-order chi connectivity index (χ1) is 9.59. The molecule has 0 fully saturated rings. The Morgan fingerprint density at radius 1 is 1.45 bits per heavy atom. The lowest BCUT2D eigenvalue weighted by Crippen LogP contribution is -2.33. The fraction of sp³-hybridized carbons (Fsp3) is 0.500. The number of nitrogens with two attached hydrogens (primary N) is 1. The third-order valence-corrected chi connectivity index (χ3v) is 2.57. The second-order valence-corrected chi connectivity index (χ2v) is 4.45. The maximum absolute atomic E-state index is 10.4. The number of carbonyl (C=O) groups is 1. The van der Waals surface area contributed by atoms with E-state index >= 15 is 0 Å². The number of aliphatic hydroxyl groups excluding tert-OH is 1. The van der Waals surface area contributed by atoms with Gasteiger partial charge < -0.3 is 25.6 Å². The number of para-hydroxylation sites is 1. The molecular formula is C14H22N2O4. The standard InChI is InChI=1S/C14H22N2O4/c1-11-4-2-3-5-13(11)20-9-12(17)8-16-6-7-19-10-14(15)18/h2-5,12,16-17H,6-10H2,1H3,(H2,15,18). The first kappa shape index (κ1) is 16.4. The highest BCUT2D eigenvalue weighted by molar-refractivity contribution is 5.74. The molecule has 1 amide bonds. The van der Waals surface area contributed by atoms with Crippen LogP contribution < -0.4 is 15.8 Å². The SMILES string of the molecule is Cc1ccccc1OCC(O)CNCCOCC(N)=O. The summed E-state index contributed by atoms with van der Waals surface area (Å²) in [5.41, 5.74) is 5.96. The Labute approximate surface area is 118 Å². The van der Waals surface area contributed by atoms with Gasteiger partial charge in [0, 0.05) is 13.1 Å². The number of rotatable bonds is 10. The zero-order valence-electron chi connectivity index (χ0n) is 11.7. The Morgan fingerprint density at radius 3 is 2.90 bits per heavy atom. The molecule has 0 saturated heterocycles. The Bertz CT molecular complexity index is 412. The minimum Gasteiger partial charge on any atom is -0.491 e. The Kier molecular flexibility index (Phi) is 7.64. The van der Waals surface area contributed by atoms with Crippen LogP contribution in [0.1, 0.15) is 5.56 Å². The first-order valence-electron chi connectivity index (χ1n) is 6.53. The van der Waals surface area contributed by atoms with Crippen LogP contribution in [0, 0.1) is 6.92 Å². The number of hydrogen-bond donors (Lipinski definition) is 3. The van der Waals surface area contributed by atoms with Crippen molar-refractivity contribution in [2.45, 2.75) is 13.0 Å². The summed E-state index contributed by atoms with van der Waals surface area (Å²) >= 11 is 0. The van der Waals surface area contributed by atoms with Gasteiger partial charge in [-0.2, -0.15) is 0 Å². The van der Waals surface area contributed by atoms with Gasteiger partial charge in [0.1, 0.15) is 25.1 Å². The molecular weight excluding hydrogens is 260 g/mol. The van der Waals surface area contributed by atoms with Crippen molar-refractivity contribution < 1.29 is 19.4 Å². The van der Waals surface area contributed by atoms with E-state index in [4.69, 9.17) is 15.2 Å². The summed E-state index contributed by atoms with van der Waals surface area (Å²) in [6.45, 7) is 3.39. The van der Waals surface area contributed by atoms with Crippen LogP contribution in [0.25, 0.3) is 0 Å². The molecule has 112 valence electrons. The number of primary amides is 1. The van der Waals surface area contributed by atoms with Gasteiger partial charge in [0.2, 0.25) is 5.91 Å². The van der Waals surface area contributed by atoms with Gasteiger partial charge in [-0.05, 0) is 18.6 Å². The van der Waals surface area contributed by atoms with Crippen molar-refractivity contribution >= 4 is 5.91 Å². The van der Waals surface area contributed by atoms with E-state index in [1.165, 1.54) is 0 Å². The smallest absolute Gasteiger partial charge is 0.243 e. The molecule has 6 nitrogen and oxygen atoms in total. The van der Waals surface area contributed by atoms with Crippen molar-refractivity contribution in [2.75, 3.05) is 32.9 Å². The topological polar surface area (TPSA) is 93.8 Å². The highest BCUT2D eigenvalue weighted by Gasteiger charge is 2.06. The number of aryl methyl sites for hydroxylation is 1. The predicted octanol–water partition coefficient (Wildman–Crippen LogP) is -0.174. The van der Waals surface area contributed by atoms with Crippen molar-refractivity contribution in [2.24, 2.45) is 5.73 Å². The van der Waals surface area contributed by atoms with Crippen LogP contribution in [-0.2, 0) is 9.53 Å². The number of hydrogen-bond acceptors (Lipinski definition) is 5. The highest BCUT2D eigenvalue weighted by atomic mass is 16.5. The summed E-state index contributed by atoms with van der Waals surface area (Å²) in [6.07, 6.45) is -0.606. The third-order valence-electron chi connectivity index (χ3n) is 2.57. The van der Waals surface area contributed by atoms with E-state index in [1.807, 2.05) is 31.2 Å². The van der Waals surface area contributed by atoms with Gasteiger partial charge in [0.15, 0.2) is 0 Å². The molecule has 0 aliphatic rings. The van der Waals surface area contributed by atoms with Gasteiger partial charge in [-0.25, -0.2) is 0 Å². The normalized spacial score (nSPS) is 12.1. The zero-order chi connectivity index (χ0) is 14.8. The molecule has 1 rings (SSSR count).